The zero-order chi connectivity index (χ0) is 14.0. The minimum atomic E-state index is -3.90. The highest BCUT2D eigenvalue weighted by molar-refractivity contribution is 7.51. The third-order valence-electron chi connectivity index (χ3n) is 3.33. The fourth-order valence-electron chi connectivity index (χ4n) is 2.17. The van der Waals surface area contributed by atoms with Crippen LogP contribution in [0.5, 0.6) is 0 Å². The second-order valence-corrected chi connectivity index (χ2v) is 6.85. The number of hydrogen-bond acceptors (Lipinski definition) is 2. The predicted octanol–water partition coefficient (Wildman–Crippen LogP) is 3.14. The molecule has 0 aliphatic carbocycles. The lowest BCUT2D eigenvalue weighted by atomic mass is 9.99. The SMILES string of the molecule is CCCCC(CC)CNC(CCC)CP(=O)(O)O. The molecule has 0 bridgehead atoms. The van der Waals surface area contributed by atoms with Crippen molar-refractivity contribution in [2.75, 3.05) is 12.7 Å². The molecule has 0 spiro atoms. The maximum absolute atomic E-state index is 11.1. The second-order valence-electron chi connectivity index (χ2n) is 5.16. The Morgan fingerprint density at radius 3 is 2.22 bits per heavy atom. The van der Waals surface area contributed by atoms with Crippen LogP contribution in [0.4, 0.5) is 0 Å². The van der Waals surface area contributed by atoms with E-state index in [4.69, 9.17) is 9.79 Å². The van der Waals surface area contributed by atoms with Gasteiger partial charge >= 0.3 is 7.60 Å². The Hall–Kier alpha value is 0.110. The first kappa shape index (κ1) is 18.1. The molecule has 2 atom stereocenters. The van der Waals surface area contributed by atoms with E-state index in [1.807, 2.05) is 6.92 Å². The second kappa shape index (κ2) is 9.96. The summed E-state index contributed by atoms with van der Waals surface area (Å²) in [6, 6.07) is -0.0495. The summed E-state index contributed by atoms with van der Waals surface area (Å²) in [5.74, 6) is 0.626. The molecule has 110 valence electrons. The summed E-state index contributed by atoms with van der Waals surface area (Å²) < 4.78 is 11.1. The molecule has 18 heavy (non-hydrogen) atoms. The first-order valence-electron chi connectivity index (χ1n) is 7.20. The first-order valence-corrected chi connectivity index (χ1v) is 9.00. The van der Waals surface area contributed by atoms with Gasteiger partial charge in [-0.05, 0) is 25.3 Å². The van der Waals surface area contributed by atoms with Gasteiger partial charge in [0.05, 0.1) is 6.16 Å². The fraction of sp³-hybridized carbons (Fsp3) is 1.00. The summed E-state index contributed by atoms with van der Waals surface area (Å²) in [4.78, 5) is 18.1. The Morgan fingerprint density at radius 1 is 1.11 bits per heavy atom. The van der Waals surface area contributed by atoms with E-state index in [0.717, 1.165) is 25.8 Å². The minimum Gasteiger partial charge on any atom is -0.324 e. The smallest absolute Gasteiger partial charge is 0.324 e. The van der Waals surface area contributed by atoms with E-state index < -0.39 is 7.60 Å². The van der Waals surface area contributed by atoms with Crippen LogP contribution in [0.1, 0.15) is 59.3 Å². The molecule has 4 nitrogen and oxygen atoms in total. The molecule has 0 aromatic rings. The van der Waals surface area contributed by atoms with Crippen molar-refractivity contribution in [2.24, 2.45) is 5.92 Å². The monoisotopic (exact) mass is 279 g/mol. The molecular weight excluding hydrogens is 249 g/mol. The van der Waals surface area contributed by atoms with Gasteiger partial charge in [-0.15, -0.1) is 0 Å². The molecule has 2 unspecified atom stereocenters. The molecule has 0 aromatic carbocycles. The molecule has 0 saturated heterocycles. The summed E-state index contributed by atoms with van der Waals surface area (Å²) in [6.45, 7) is 7.29. The van der Waals surface area contributed by atoms with Crippen LogP contribution in [0.3, 0.4) is 0 Å². The Balaban J connectivity index is 4.10. The minimum absolute atomic E-state index is 0.0367. The van der Waals surface area contributed by atoms with Crippen LogP contribution in [0.25, 0.3) is 0 Å². The molecule has 0 amide bonds. The van der Waals surface area contributed by atoms with Crippen molar-refractivity contribution in [1.82, 2.24) is 5.32 Å². The topological polar surface area (TPSA) is 69.6 Å². The summed E-state index contributed by atoms with van der Waals surface area (Å²) in [5, 5.41) is 3.34. The Kier molecular flexibility index (Phi) is 10.0. The molecule has 0 aliphatic rings. The van der Waals surface area contributed by atoms with Crippen molar-refractivity contribution >= 4 is 7.60 Å². The summed E-state index contributed by atoms with van der Waals surface area (Å²) in [7, 11) is -3.90. The standard InChI is InChI=1S/C13H30NO3P/c1-4-7-9-12(6-3)10-14-13(8-5-2)11-18(15,16)17/h12-14H,4-11H2,1-3H3,(H2,15,16,17). The van der Waals surface area contributed by atoms with E-state index in [2.05, 4.69) is 19.2 Å². The number of hydrogen-bond donors (Lipinski definition) is 3. The summed E-state index contributed by atoms with van der Waals surface area (Å²) >= 11 is 0. The van der Waals surface area contributed by atoms with Crippen molar-refractivity contribution in [3.8, 4) is 0 Å². The molecule has 3 N–H and O–H groups in total. The highest BCUT2D eigenvalue weighted by Crippen LogP contribution is 2.35. The largest absolute Gasteiger partial charge is 0.327 e. The van der Waals surface area contributed by atoms with E-state index in [0.29, 0.717) is 5.92 Å². The van der Waals surface area contributed by atoms with Gasteiger partial charge in [-0.2, -0.15) is 0 Å². The molecule has 0 rings (SSSR count). The third-order valence-corrected chi connectivity index (χ3v) is 4.25. The Bertz CT molecular complexity index is 242. The van der Waals surface area contributed by atoms with E-state index >= 15 is 0 Å². The predicted molar refractivity (Wildman–Crippen MR) is 76.9 cm³/mol. The number of rotatable bonds is 11. The number of unbranched alkanes of at least 4 members (excludes halogenated alkanes) is 1. The quantitative estimate of drug-likeness (QED) is 0.508. The van der Waals surface area contributed by atoms with Crippen LogP contribution >= 0.6 is 7.60 Å². The van der Waals surface area contributed by atoms with Gasteiger partial charge in [-0.3, -0.25) is 4.57 Å². The van der Waals surface area contributed by atoms with Gasteiger partial charge in [0.2, 0.25) is 0 Å². The average molecular weight is 279 g/mol. The van der Waals surface area contributed by atoms with Crippen LogP contribution in [0.2, 0.25) is 0 Å². The van der Waals surface area contributed by atoms with E-state index in [1.54, 1.807) is 0 Å². The lowest BCUT2D eigenvalue weighted by Crippen LogP contribution is -2.36. The lowest BCUT2D eigenvalue weighted by Gasteiger charge is -2.22. The van der Waals surface area contributed by atoms with Gasteiger partial charge in [0.25, 0.3) is 0 Å². The molecule has 0 fully saturated rings. The van der Waals surface area contributed by atoms with Crippen LogP contribution in [-0.2, 0) is 4.57 Å². The van der Waals surface area contributed by atoms with Gasteiger partial charge < -0.3 is 15.1 Å². The third kappa shape index (κ3) is 10.1. The normalized spacial score (nSPS) is 15.6. The summed E-state index contributed by atoms with van der Waals surface area (Å²) in [5.41, 5.74) is 0. The zero-order valence-corrected chi connectivity index (χ0v) is 13.0. The van der Waals surface area contributed by atoms with Gasteiger partial charge in [-0.1, -0.05) is 46.5 Å². The molecule has 0 aromatic heterocycles. The molecule has 5 heteroatoms. The van der Waals surface area contributed by atoms with Crippen LogP contribution < -0.4 is 5.32 Å². The highest BCUT2D eigenvalue weighted by atomic mass is 31.2. The number of nitrogens with one attached hydrogen (secondary N) is 1. The van der Waals surface area contributed by atoms with Crippen molar-refractivity contribution in [1.29, 1.82) is 0 Å². The van der Waals surface area contributed by atoms with E-state index in [1.165, 1.54) is 19.3 Å². The lowest BCUT2D eigenvalue weighted by molar-refractivity contribution is 0.348. The van der Waals surface area contributed by atoms with Gasteiger partial charge in [-0.25, -0.2) is 0 Å². The maximum atomic E-state index is 11.1. The van der Waals surface area contributed by atoms with Crippen molar-refractivity contribution in [3.05, 3.63) is 0 Å². The van der Waals surface area contributed by atoms with Gasteiger partial charge in [0.15, 0.2) is 0 Å². The van der Waals surface area contributed by atoms with Crippen LogP contribution in [-0.4, -0.2) is 28.5 Å². The Morgan fingerprint density at radius 2 is 1.78 bits per heavy atom. The van der Waals surface area contributed by atoms with Crippen molar-refractivity contribution in [2.45, 2.75) is 65.3 Å². The van der Waals surface area contributed by atoms with Gasteiger partial charge in [0, 0.05) is 6.04 Å². The first-order chi connectivity index (χ1) is 8.42. The molecule has 0 heterocycles. The van der Waals surface area contributed by atoms with E-state index in [-0.39, 0.29) is 12.2 Å². The summed E-state index contributed by atoms with van der Waals surface area (Å²) in [6.07, 6.45) is 6.51. The molecule has 0 saturated carbocycles. The Labute approximate surface area is 112 Å². The molecule has 0 radical (unpaired) electrons. The van der Waals surface area contributed by atoms with Crippen LogP contribution in [0, 0.1) is 5.92 Å². The maximum Gasteiger partial charge on any atom is 0.327 e. The van der Waals surface area contributed by atoms with Crippen molar-refractivity contribution in [3.63, 3.8) is 0 Å². The van der Waals surface area contributed by atoms with E-state index in [9.17, 15) is 4.57 Å². The van der Waals surface area contributed by atoms with Gasteiger partial charge in [0.1, 0.15) is 0 Å². The highest BCUT2D eigenvalue weighted by Gasteiger charge is 2.21. The molecular formula is C13H30NO3P. The average Bonchev–Trinajstić information content (AvgIpc) is 2.27. The van der Waals surface area contributed by atoms with Crippen molar-refractivity contribution < 1.29 is 14.4 Å². The molecule has 0 aliphatic heterocycles. The fourth-order valence-corrected chi connectivity index (χ4v) is 3.06. The zero-order valence-electron chi connectivity index (χ0n) is 12.1. The van der Waals surface area contributed by atoms with Crippen LogP contribution in [0.15, 0.2) is 0 Å².